The van der Waals surface area contributed by atoms with Crippen LogP contribution in [0.25, 0.3) is 0 Å². The van der Waals surface area contributed by atoms with Crippen LogP contribution in [0.3, 0.4) is 0 Å². The third-order valence-electron chi connectivity index (χ3n) is 2.61. The lowest BCUT2D eigenvalue weighted by molar-refractivity contribution is -0.126. The lowest BCUT2D eigenvalue weighted by Gasteiger charge is -2.31. The van der Waals surface area contributed by atoms with Crippen molar-refractivity contribution in [2.45, 2.75) is 24.1 Å². The Hall–Kier alpha value is -0.990. The summed E-state index contributed by atoms with van der Waals surface area (Å²) in [6.07, 6.45) is 1.34. The summed E-state index contributed by atoms with van der Waals surface area (Å²) < 4.78 is 26.0. The number of carbonyl (C=O) groups excluding carboxylic acids is 1. The summed E-state index contributed by atoms with van der Waals surface area (Å²) in [5.74, 6) is -0.263. The smallest absolute Gasteiger partial charge is 0.254 e. The van der Waals surface area contributed by atoms with E-state index in [9.17, 15) is 13.2 Å². The van der Waals surface area contributed by atoms with Gasteiger partial charge in [-0.05, 0) is 13.8 Å². The summed E-state index contributed by atoms with van der Waals surface area (Å²) >= 11 is 1.12. The number of aryl methyl sites for hydroxylation is 1. The first-order chi connectivity index (χ1) is 7.93. The molecule has 1 unspecified atom stereocenters. The number of hydrogen-bond donors (Lipinski definition) is 1. The highest BCUT2D eigenvalue weighted by molar-refractivity contribution is 7.91. The molecule has 0 spiro atoms. The Labute approximate surface area is 104 Å². The Balaban J connectivity index is 2.35. The quantitative estimate of drug-likeness (QED) is 0.821. The predicted octanol–water partition coefficient (Wildman–Crippen LogP) is -0.0395. The zero-order valence-corrected chi connectivity index (χ0v) is 11.1. The first-order valence-corrected chi connectivity index (χ1v) is 7.40. The van der Waals surface area contributed by atoms with Gasteiger partial charge < -0.3 is 5.32 Å². The van der Waals surface area contributed by atoms with Crippen molar-refractivity contribution >= 4 is 27.3 Å². The molecule has 1 aromatic heterocycles. The van der Waals surface area contributed by atoms with Crippen molar-refractivity contribution in [3.05, 3.63) is 11.2 Å². The minimum atomic E-state index is -3.59. The van der Waals surface area contributed by atoms with E-state index in [-0.39, 0.29) is 10.1 Å². The molecule has 0 bridgehead atoms. The molecule has 1 aromatic rings. The van der Waals surface area contributed by atoms with Gasteiger partial charge in [-0.2, -0.15) is 4.31 Å². The Kier molecular flexibility index (Phi) is 3.19. The molecule has 1 aliphatic heterocycles. The van der Waals surface area contributed by atoms with Crippen molar-refractivity contribution in [2.75, 3.05) is 13.1 Å². The summed E-state index contributed by atoms with van der Waals surface area (Å²) in [6.45, 7) is 3.97. The second-order valence-corrected chi connectivity index (χ2v) is 7.13. The molecular weight excluding hydrogens is 262 g/mol. The van der Waals surface area contributed by atoms with Crippen molar-refractivity contribution in [1.82, 2.24) is 14.6 Å². The van der Waals surface area contributed by atoms with Crippen molar-refractivity contribution < 1.29 is 13.2 Å². The maximum Gasteiger partial charge on any atom is 0.254 e. The summed E-state index contributed by atoms with van der Waals surface area (Å²) in [7, 11) is -3.59. The van der Waals surface area contributed by atoms with Crippen LogP contribution in [-0.2, 0) is 14.8 Å². The second-order valence-electron chi connectivity index (χ2n) is 3.78. The summed E-state index contributed by atoms with van der Waals surface area (Å²) in [5, 5.41) is 3.33. The lowest BCUT2D eigenvalue weighted by Crippen LogP contribution is -2.55. The Bertz CT molecular complexity index is 537. The molecule has 2 heterocycles. The molecule has 0 radical (unpaired) electrons. The molecule has 1 aliphatic rings. The largest absolute Gasteiger partial charge is 0.353 e. The van der Waals surface area contributed by atoms with Crippen LogP contribution in [0.5, 0.6) is 0 Å². The fourth-order valence-electron chi connectivity index (χ4n) is 1.67. The molecule has 1 N–H and O–H groups in total. The first-order valence-electron chi connectivity index (χ1n) is 5.15. The molecule has 1 atom stereocenters. The normalized spacial score (nSPS) is 22.5. The van der Waals surface area contributed by atoms with Crippen molar-refractivity contribution in [2.24, 2.45) is 0 Å². The van der Waals surface area contributed by atoms with Gasteiger partial charge in [-0.3, -0.25) is 4.79 Å². The molecule has 94 valence electrons. The molecule has 0 saturated carbocycles. The van der Waals surface area contributed by atoms with Gasteiger partial charge >= 0.3 is 0 Å². The molecule has 1 amide bonds. The van der Waals surface area contributed by atoms with Crippen LogP contribution in [0.4, 0.5) is 0 Å². The number of aromatic nitrogens is 1. The fourth-order valence-corrected chi connectivity index (χ4v) is 4.50. The number of nitrogens with one attached hydrogen (secondary N) is 1. The van der Waals surface area contributed by atoms with Crippen LogP contribution in [0, 0.1) is 6.92 Å². The highest BCUT2D eigenvalue weighted by atomic mass is 32.2. The number of piperazine rings is 1. The van der Waals surface area contributed by atoms with E-state index in [1.54, 1.807) is 13.8 Å². The molecular formula is C9H13N3O3S2. The van der Waals surface area contributed by atoms with E-state index in [0.29, 0.717) is 18.1 Å². The number of amides is 1. The van der Waals surface area contributed by atoms with E-state index < -0.39 is 16.1 Å². The molecule has 0 aromatic carbocycles. The van der Waals surface area contributed by atoms with Crippen molar-refractivity contribution in [3.8, 4) is 0 Å². The van der Waals surface area contributed by atoms with Gasteiger partial charge in [0.2, 0.25) is 5.91 Å². The molecule has 17 heavy (non-hydrogen) atoms. The van der Waals surface area contributed by atoms with E-state index in [1.165, 1.54) is 10.5 Å². The monoisotopic (exact) mass is 275 g/mol. The van der Waals surface area contributed by atoms with Crippen LogP contribution >= 0.6 is 11.3 Å². The number of thiazole rings is 1. The van der Waals surface area contributed by atoms with Gasteiger partial charge in [-0.1, -0.05) is 0 Å². The van der Waals surface area contributed by atoms with Gasteiger partial charge in [0.25, 0.3) is 10.0 Å². The minimum absolute atomic E-state index is 0.191. The zero-order chi connectivity index (χ0) is 12.6. The van der Waals surface area contributed by atoms with Gasteiger partial charge in [-0.25, -0.2) is 13.4 Å². The summed E-state index contributed by atoms with van der Waals surface area (Å²) in [5.41, 5.74) is 0. The topological polar surface area (TPSA) is 79.4 Å². The van der Waals surface area contributed by atoms with E-state index in [4.69, 9.17) is 0 Å². The summed E-state index contributed by atoms with van der Waals surface area (Å²) in [6, 6.07) is -0.670. The van der Waals surface area contributed by atoms with Gasteiger partial charge in [0.05, 0.1) is 11.2 Å². The predicted molar refractivity (Wildman–Crippen MR) is 63.2 cm³/mol. The van der Waals surface area contributed by atoms with E-state index in [0.717, 1.165) is 11.3 Å². The van der Waals surface area contributed by atoms with Crippen LogP contribution in [0.2, 0.25) is 0 Å². The molecule has 1 fully saturated rings. The zero-order valence-electron chi connectivity index (χ0n) is 9.50. The van der Waals surface area contributed by atoms with Gasteiger partial charge in [0, 0.05) is 13.1 Å². The standard InChI is InChI=1S/C9H13N3O3S2/c1-6-9(13)10-3-4-12(6)17(14,15)8-5-11-7(2)16-8/h5-6H,3-4H2,1-2H3,(H,10,13). The first kappa shape index (κ1) is 12.5. The summed E-state index contributed by atoms with van der Waals surface area (Å²) in [4.78, 5) is 15.4. The number of nitrogens with zero attached hydrogens (tertiary/aromatic N) is 2. The second kappa shape index (κ2) is 4.35. The number of sulfonamides is 1. The molecule has 6 nitrogen and oxygen atoms in total. The minimum Gasteiger partial charge on any atom is -0.353 e. The van der Waals surface area contributed by atoms with E-state index in [2.05, 4.69) is 10.3 Å². The average Bonchev–Trinajstić information content (AvgIpc) is 2.69. The van der Waals surface area contributed by atoms with Crippen LogP contribution in [-0.4, -0.2) is 42.7 Å². The highest BCUT2D eigenvalue weighted by Gasteiger charge is 2.36. The third kappa shape index (κ3) is 2.20. The van der Waals surface area contributed by atoms with Gasteiger partial charge in [-0.15, -0.1) is 11.3 Å². The Morgan fingerprint density at radius 2 is 2.29 bits per heavy atom. The lowest BCUT2D eigenvalue weighted by atomic mass is 10.2. The maximum absolute atomic E-state index is 12.3. The van der Waals surface area contributed by atoms with Crippen LogP contribution in [0.1, 0.15) is 11.9 Å². The van der Waals surface area contributed by atoms with E-state index >= 15 is 0 Å². The van der Waals surface area contributed by atoms with Crippen molar-refractivity contribution in [3.63, 3.8) is 0 Å². The number of carbonyl (C=O) groups is 1. The number of hydrogen-bond acceptors (Lipinski definition) is 5. The average molecular weight is 275 g/mol. The van der Waals surface area contributed by atoms with Crippen LogP contribution in [0.15, 0.2) is 10.4 Å². The van der Waals surface area contributed by atoms with Gasteiger partial charge in [0.15, 0.2) is 4.21 Å². The van der Waals surface area contributed by atoms with Gasteiger partial charge in [0.1, 0.15) is 6.04 Å². The Morgan fingerprint density at radius 1 is 1.59 bits per heavy atom. The molecule has 8 heteroatoms. The highest BCUT2D eigenvalue weighted by Crippen LogP contribution is 2.24. The SMILES string of the molecule is Cc1ncc(S(=O)(=O)N2CCNC(=O)C2C)s1. The number of rotatable bonds is 2. The maximum atomic E-state index is 12.3. The third-order valence-corrected chi connectivity index (χ3v) is 5.93. The Morgan fingerprint density at radius 3 is 2.88 bits per heavy atom. The molecule has 1 saturated heterocycles. The van der Waals surface area contributed by atoms with Crippen LogP contribution < -0.4 is 5.32 Å². The molecule has 0 aliphatic carbocycles. The van der Waals surface area contributed by atoms with E-state index in [1.807, 2.05) is 0 Å². The van der Waals surface area contributed by atoms with Crippen molar-refractivity contribution in [1.29, 1.82) is 0 Å². The molecule has 2 rings (SSSR count). The fraction of sp³-hybridized carbons (Fsp3) is 0.556.